The molecule has 0 spiro atoms. The van der Waals surface area contributed by atoms with E-state index in [0.29, 0.717) is 11.3 Å². The monoisotopic (exact) mass is 254 g/mol. The average Bonchev–Trinajstić information content (AvgIpc) is 2.94. The largest absolute Gasteiger partial charge is 0.360 e. The minimum Gasteiger partial charge on any atom is -0.360 e. The molecule has 0 saturated heterocycles. The molecular formula is C12H10N6O. The van der Waals surface area contributed by atoms with Crippen LogP contribution < -0.4 is 5.32 Å². The molecule has 2 aromatic rings. The van der Waals surface area contributed by atoms with Crippen molar-refractivity contribution in [2.24, 2.45) is 0 Å². The molecule has 0 unspecified atom stereocenters. The molecule has 1 aromatic heterocycles. The maximum absolute atomic E-state index is 11.0. The molecule has 94 valence electrons. The van der Waals surface area contributed by atoms with Crippen molar-refractivity contribution in [2.75, 3.05) is 5.32 Å². The first-order chi connectivity index (χ1) is 9.24. The lowest BCUT2D eigenvalue weighted by Gasteiger charge is -2.05. The van der Waals surface area contributed by atoms with Crippen LogP contribution in [0.4, 0.5) is 5.69 Å². The zero-order valence-corrected chi connectivity index (χ0v) is 10.1. The highest BCUT2D eigenvalue weighted by atomic mass is 16.1. The van der Waals surface area contributed by atoms with E-state index in [1.807, 2.05) is 19.1 Å². The van der Waals surface area contributed by atoms with Crippen LogP contribution in [-0.2, 0) is 0 Å². The fourth-order valence-corrected chi connectivity index (χ4v) is 1.48. The van der Waals surface area contributed by atoms with Crippen LogP contribution in [0.2, 0.25) is 0 Å². The molecule has 19 heavy (non-hydrogen) atoms. The number of allylic oxidation sites excluding steroid dienone is 1. The molecule has 0 fully saturated rings. The van der Waals surface area contributed by atoms with E-state index >= 15 is 0 Å². The van der Waals surface area contributed by atoms with Gasteiger partial charge < -0.3 is 5.32 Å². The highest BCUT2D eigenvalue weighted by molar-refractivity contribution is 5.85. The van der Waals surface area contributed by atoms with Gasteiger partial charge in [0.05, 0.1) is 0 Å². The van der Waals surface area contributed by atoms with Gasteiger partial charge in [-0.2, -0.15) is 10.5 Å². The molecule has 2 rings (SSSR count). The lowest BCUT2D eigenvalue weighted by atomic mass is 10.1. The number of aldehydes is 1. The van der Waals surface area contributed by atoms with Gasteiger partial charge in [0.15, 0.2) is 6.29 Å². The molecule has 0 aliphatic rings. The summed E-state index contributed by atoms with van der Waals surface area (Å²) in [6.45, 7) is 1.90. The Labute approximate surface area is 109 Å². The molecule has 1 aromatic carbocycles. The predicted octanol–water partition coefficient (Wildman–Crippen LogP) is 1.30. The van der Waals surface area contributed by atoms with Gasteiger partial charge in [-0.3, -0.25) is 4.79 Å². The maximum atomic E-state index is 11.0. The Balaban J connectivity index is 2.27. The summed E-state index contributed by atoms with van der Waals surface area (Å²) in [5.41, 5.74) is 2.32. The van der Waals surface area contributed by atoms with Crippen LogP contribution in [0.1, 0.15) is 21.7 Å². The molecule has 0 bridgehead atoms. The van der Waals surface area contributed by atoms with E-state index in [0.717, 1.165) is 11.8 Å². The fraction of sp³-hybridized carbons (Fsp3) is 0.0833. The van der Waals surface area contributed by atoms with Crippen molar-refractivity contribution in [2.45, 2.75) is 6.92 Å². The van der Waals surface area contributed by atoms with Gasteiger partial charge in [0.1, 0.15) is 11.6 Å². The summed E-state index contributed by atoms with van der Waals surface area (Å²) in [5.74, 6) is 0.190. The van der Waals surface area contributed by atoms with Crippen LogP contribution >= 0.6 is 0 Å². The number of aryl methyl sites for hydroxylation is 1. The van der Waals surface area contributed by atoms with Crippen LogP contribution in [0, 0.1) is 18.3 Å². The number of nitriles is 1. The van der Waals surface area contributed by atoms with Gasteiger partial charge in [0.25, 0.3) is 0 Å². The molecule has 7 nitrogen and oxygen atoms in total. The summed E-state index contributed by atoms with van der Waals surface area (Å²) >= 11 is 0. The molecule has 1 heterocycles. The van der Waals surface area contributed by atoms with Crippen molar-refractivity contribution >= 4 is 17.5 Å². The number of nitrogens with zero attached hydrogens (tertiary/aromatic N) is 4. The quantitative estimate of drug-likeness (QED) is 0.629. The normalized spacial score (nSPS) is 10.8. The lowest BCUT2D eigenvalue weighted by Crippen LogP contribution is -1.97. The Bertz CT molecular complexity index is 653. The van der Waals surface area contributed by atoms with Gasteiger partial charge >= 0.3 is 0 Å². The molecular weight excluding hydrogens is 244 g/mol. The fourth-order valence-electron chi connectivity index (χ4n) is 1.48. The third kappa shape index (κ3) is 2.81. The molecule has 2 N–H and O–H groups in total. The van der Waals surface area contributed by atoms with E-state index in [2.05, 4.69) is 25.9 Å². The van der Waals surface area contributed by atoms with Gasteiger partial charge in [0, 0.05) is 17.5 Å². The third-order valence-electron chi connectivity index (χ3n) is 2.41. The SMILES string of the molecule is Cc1ccc(NC=C(C#N)c2nn[nH]n2)c(C=O)c1. The molecule has 7 heteroatoms. The number of anilines is 1. The van der Waals surface area contributed by atoms with E-state index in [1.165, 1.54) is 6.20 Å². The van der Waals surface area contributed by atoms with Crippen molar-refractivity contribution in [1.82, 2.24) is 20.6 Å². The topological polar surface area (TPSA) is 107 Å². The second-order valence-electron chi connectivity index (χ2n) is 3.76. The lowest BCUT2D eigenvalue weighted by molar-refractivity contribution is 0.112. The first-order valence-corrected chi connectivity index (χ1v) is 5.41. The maximum Gasteiger partial charge on any atom is 0.216 e. The van der Waals surface area contributed by atoms with Crippen LogP contribution in [0.15, 0.2) is 24.4 Å². The van der Waals surface area contributed by atoms with Crippen LogP contribution in [0.3, 0.4) is 0 Å². The number of carbonyl (C=O) groups excluding carboxylic acids is 1. The van der Waals surface area contributed by atoms with Crippen molar-refractivity contribution in [3.8, 4) is 6.07 Å². The van der Waals surface area contributed by atoms with Crippen molar-refractivity contribution < 1.29 is 4.79 Å². The second kappa shape index (κ2) is 5.55. The van der Waals surface area contributed by atoms with Crippen LogP contribution in [0.5, 0.6) is 0 Å². The summed E-state index contributed by atoms with van der Waals surface area (Å²) in [7, 11) is 0. The Kier molecular flexibility index (Phi) is 3.64. The van der Waals surface area contributed by atoms with E-state index in [4.69, 9.17) is 5.26 Å². The number of nitrogens with one attached hydrogen (secondary N) is 2. The van der Waals surface area contributed by atoms with E-state index in [-0.39, 0.29) is 11.4 Å². The number of tetrazole rings is 1. The molecule has 0 aliphatic heterocycles. The second-order valence-corrected chi connectivity index (χ2v) is 3.76. The first-order valence-electron chi connectivity index (χ1n) is 5.41. The van der Waals surface area contributed by atoms with Gasteiger partial charge in [-0.15, -0.1) is 10.2 Å². The highest BCUT2D eigenvalue weighted by Gasteiger charge is 2.06. The van der Waals surface area contributed by atoms with Gasteiger partial charge in [-0.05, 0) is 24.3 Å². The summed E-state index contributed by atoms with van der Waals surface area (Å²) in [6.07, 6.45) is 2.19. The van der Waals surface area contributed by atoms with E-state index < -0.39 is 0 Å². The summed E-state index contributed by atoms with van der Waals surface area (Å²) in [5, 5.41) is 25.0. The predicted molar refractivity (Wildman–Crippen MR) is 68.0 cm³/mol. The zero-order valence-electron chi connectivity index (χ0n) is 10.1. The molecule has 0 radical (unpaired) electrons. The Morgan fingerprint density at radius 3 is 3.00 bits per heavy atom. The number of carbonyl (C=O) groups is 1. The van der Waals surface area contributed by atoms with Gasteiger partial charge in [-0.1, -0.05) is 11.6 Å². The molecule has 0 atom stereocenters. The molecule has 0 aliphatic carbocycles. The molecule has 0 saturated carbocycles. The Hall–Kier alpha value is -3.01. The number of H-pyrrole nitrogens is 1. The van der Waals surface area contributed by atoms with Gasteiger partial charge in [-0.25, -0.2) is 0 Å². The summed E-state index contributed by atoms with van der Waals surface area (Å²) in [6, 6.07) is 7.33. The van der Waals surface area contributed by atoms with Crippen LogP contribution in [-0.4, -0.2) is 26.9 Å². The zero-order chi connectivity index (χ0) is 13.7. The number of hydrogen-bond acceptors (Lipinski definition) is 6. The smallest absolute Gasteiger partial charge is 0.216 e. The van der Waals surface area contributed by atoms with Gasteiger partial charge in [0.2, 0.25) is 5.82 Å². The average molecular weight is 254 g/mol. The third-order valence-corrected chi connectivity index (χ3v) is 2.41. The van der Waals surface area contributed by atoms with Crippen molar-refractivity contribution in [1.29, 1.82) is 5.26 Å². The van der Waals surface area contributed by atoms with Crippen molar-refractivity contribution in [3.05, 3.63) is 41.4 Å². The minimum absolute atomic E-state index is 0.190. The van der Waals surface area contributed by atoms with E-state index in [9.17, 15) is 4.79 Å². The standard InChI is InChI=1S/C12H10N6O/c1-8-2-3-11(9(4-8)7-19)14-6-10(5-13)12-15-17-18-16-12/h2-4,6-7,14H,1H3,(H,15,16,17,18). The Morgan fingerprint density at radius 2 is 2.37 bits per heavy atom. The number of aromatic amines is 1. The number of benzene rings is 1. The molecule has 0 amide bonds. The number of aromatic nitrogens is 4. The number of rotatable bonds is 4. The minimum atomic E-state index is 0.190. The van der Waals surface area contributed by atoms with Crippen molar-refractivity contribution in [3.63, 3.8) is 0 Å². The number of hydrogen-bond donors (Lipinski definition) is 2. The Morgan fingerprint density at radius 1 is 1.53 bits per heavy atom. The van der Waals surface area contributed by atoms with Crippen LogP contribution in [0.25, 0.3) is 5.57 Å². The van der Waals surface area contributed by atoms with E-state index in [1.54, 1.807) is 12.1 Å². The summed E-state index contributed by atoms with van der Waals surface area (Å²) < 4.78 is 0. The summed E-state index contributed by atoms with van der Waals surface area (Å²) in [4.78, 5) is 11.0. The highest BCUT2D eigenvalue weighted by Crippen LogP contribution is 2.16. The first kappa shape index (κ1) is 12.4.